The molecule has 0 fully saturated rings. The molecule has 0 bridgehead atoms. The molecule has 2 unspecified atom stereocenters. The van der Waals surface area contributed by atoms with Crippen LogP contribution < -0.4 is 10.6 Å². The van der Waals surface area contributed by atoms with Crippen LogP contribution in [0.15, 0.2) is 54.6 Å². The number of phenolic OH excluding ortho intramolecular Hbond substituents is 1. The van der Waals surface area contributed by atoms with Crippen molar-refractivity contribution in [3.05, 3.63) is 65.7 Å². The number of nitrogens with zero attached hydrogens (tertiary/aromatic N) is 1. The van der Waals surface area contributed by atoms with Gasteiger partial charge in [-0.05, 0) is 50.5 Å². The number of rotatable bonds is 11. The summed E-state index contributed by atoms with van der Waals surface area (Å²) in [5.74, 6) is -0.710. The maximum absolute atomic E-state index is 13.7. The Morgan fingerprint density at radius 2 is 1.64 bits per heavy atom. The zero-order valence-corrected chi connectivity index (χ0v) is 21.9. The molecule has 0 aliphatic carbocycles. The Balaban J connectivity index is 2.33. The van der Waals surface area contributed by atoms with E-state index in [0.29, 0.717) is 12.1 Å². The third kappa shape index (κ3) is 9.24. The number of hydrogen-bond acceptors (Lipinski definition) is 5. The second-order valence-electron chi connectivity index (χ2n) is 9.83. The van der Waals surface area contributed by atoms with Crippen molar-refractivity contribution in [3.8, 4) is 5.75 Å². The van der Waals surface area contributed by atoms with E-state index >= 15 is 0 Å². The molecule has 8 nitrogen and oxygen atoms in total. The number of phenols is 1. The van der Waals surface area contributed by atoms with Crippen LogP contribution in [0.5, 0.6) is 5.75 Å². The highest BCUT2D eigenvalue weighted by Gasteiger charge is 2.34. The molecule has 36 heavy (non-hydrogen) atoms. The average Bonchev–Trinajstić information content (AvgIpc) is 2.81. The molecule has 0 aliphatic rings. The smallest absolute Gasteiger partial charge is 0.408 e. The van der Waals surface area contributed by atoms with E-state index in [1.165, 1.54) is 17.0 Å². The van der Waals surface area contributed by atoms with Crippen molar-refractivity contribution >= 4 is 17.9 Å². The van der Waals surface area contributed by atoms with Crippen LogP contribution in [-0.2, 0) is 20.7 Å². The molecule has 2 aromatic carbocycles. The largest absolute Gasteiger partial charge is 0.508 e. The number of carbonyl (C=O) groups is 3. The number of carbonyl (C=O) groups excluding carboxylic acids is 3. The molecule has 3 N–H and O–H groups in total. The third-order valence-corrected chi connectivity index (χ3v) is 5.54. The van der Waals surface area contributed by atoms with E-state index in [1.54, 1.807) is 40.0 Å². The summed E-state index contributed by atoms with van der Waals surface area (Å²) < 4.78 is 5.39. The normalized spacial score (nSPS) is 12.8. The minimum atomic E-state index is -0.959. The number of alkyl carbamates (subject to hydrolysis) is 1. The monoisotopic (exact) mass is 497 g/mol. The van der Waals surface area contributed by atoms with Crippen molar-refractivity contribution in [2.45, 2.75) is 71.1 Å². The summed E-state index contributed by atoms with van der Waals surface area (Å²) in [5.41, 5.74) is 0.668. The Morgan fingerprint density at radius 3 is 2.22 bits per heavy atom. The van der Waals surface area contributed by atoms with E-state index in [0.717, 1.165) is 24.8 Å². The Hall–Kier alpha value is -3.55. The Kier molecular flexibility index (Phi) is 10.8. The van der Waals surface area contributed by atoms with Crippen LogP contribution in [0, 0.1) is 0 Å². The molecule has 0 aliphatic heterocycles. The van der Waals surface area contributed by atoms with Gasteiger partial charge in [0, 0.05) is 20.0 Å². The predicted octanol–water partition coefficient (Wildman–Crippen LogP) is 4.33. The summed E-state index contributed by atoms with van der Waals surface area (Å²) in [6.07, 6.45) is 2.35. The summed E-state index contributed by atoms with van der Waals surface area (Å²) >= 11 is 0. The zero-order chi connectivity index (χ0) is 26.7. The van der Waals surface area contributed by atoms with Crippen LogP contribution in [0.25, 0.3) is 0 Å². The van der Waals surface area contributed by atoms with Crippen molar-refractivity contribution in [2.24, 2.45) is 0 Å². The fourth-order valence-electron chi connectivity index (χ4n) is 3.76. The zero-order valence-electron chi connectivity index (χ0n) is 21.9. The van der Waals surface area contributed by atoms with Crippen molar-refractivity contribution in [3.63, 3.8) is 0 Å². The molecule has 3 amide bonds. The number of likely N-dealkylation sites (N-methyl/N-ethyl adjacent to an activating group) is 1. The van der Waals surface area contributed by atoms with Gasteiger partial charge in [0.05, 0.1) is 0 Å². The Labute approximate surface area is 214 Å². The van der Waals surface area contributed by atoms with E-state index < -0.39 is 29.7 Å². The maximum Gasteiger partial charge on any atom is 0.408 e. The van der Waals surface area contributed by atoms with Gasteiger partial charge in [0.1, 0.15) is 23.4 Å². The molecule has 0 aromatic heterocycles. The fourth-order valence-corrected chi connectivity index (χ4v) is 3.76. The molecular formula is C28H39N3O5. The SMILES string of the molecule is CCCCCNC(=O)C(c1ccc(O)cc1)N(C)C(=O)C(Cc1ccccc1)NC(=O)OC(C)(C)C. The lowest BCUT2D eigenvalue weighted by Crippen LogP contribution is -2.52. The Bertz CT molecular complexity index is 986. The van der Waals surface area contributed by atoms with Crippen LogP contribution in [0.2, 0.25) is 0 Å². The van der Waals surface area contributed by atoms with E-state index in [4.69, 9.17) is 4.74 Å². The van der Waals surface area contributed by atoms with Gasteiger partial charge in [0.2, 0.25) is 11.8 Å². The Morgan fingerprint density at radius 1 is 1.00 bits per heavy atom. The highest BCUT2D eigenvalue weighted by atomic mass is 16.6. The first kappa shape index (κ1) is 28.7. The predicted molar refractivity (Wildman–Crippen MR) is 139 cm³/mol. The summed E-state index contributed by atoms with van der Waals surface area (Å²) in [6.45, 7) is 7.81. The van der Waals surface area contributed by atoms with Crippen LogP contribution in [0.3, 0.4) is 0 Å². The third-order valence-electron chi connectivity index (χ3n) is 5.54. The van der Waals surface area contributed by atoms with Gasteiger partial charge in [-0.2, -0.15) is 0 Å². The van der Waals surface area contributed by atoms with Gasteiger partial charge in [0.25, 0.3) is 0 Å². The number of aromatic hydroxyl groups is 1. The maximum atomic E-state index is 13.7. The van der Waals surface area contributed by atoms with Gasteiger partial charge in [-0.3, -0.25) is 9.59 Å². The van der Waals surface area contributed by atoms with Crippen LogP contribution in [-0.4, -0.2) is 53.1 Å². The van der Waals surface area contributed by atoms with E-state index in [2.05, 4.69) is 17.6 Å². The first-order valence-corrected chi connectivity index (χ1v) is 12.4. The van der Waals surface area contributed by atoms with Gasteiger partial charge in [-0.25, -0.2) is 4.79 Å². The number of nitrogens with one attached hydrogen (secondary N) is 2. The summed E-state index contributed by atoms with van der Waals surface area (Å²) in [6, 6.07) is 13.6. The lowest BCUT2D eigenvalue weighted by atomic mass is 10.0. The summed E-state index contributed by atoms with van der Waals surface area (Å²) in [5, 5.41) is 15.3. The molecule has 2 atom stereocenters. The van der Waals surface area contributed by atoms with Gasteiger partial charge >= 0.3 is 6.09 Å². The van der Waals surface area contributed by atoms with Crippen LogP contribution >= 0.6 is 0 Å². The number of amides is 3. The number of ether oxygens (including phenoxy) is 1. The van der Waals surface area contributed by atoms with Crippen molar-refractivity contribution in [1.82, 2.24) is 15.5 Å². The standard InChI is InChI=1S/C28H39N3O5/c1-6-7-11-18-29-25(33)24(21-14-16-22(32)17-15-21)31(5)26(34)23(19-20-12-9-8-10-13-20)30-27(35)36-28(2,3)4/h8-10,12-17,23-24,32H,6-7,11,18-19H2,1-5H3,(H,29,33)(H,30,35). The van der Waals surface area contributed by atoms with E-state index in [9.17, 15) is 19.5 Å². The second-order valence-corrected chi connectivity index (χ2v) is 9.83. The first-order valence-electron chi connectivity index (χ1n) is 12.4. The van der Waals surface area contributed by atoms with E-state index in [1.807, 2.05) is 30.3 Å². The molecule has 196 valence electrons. The highest BCUT2D eigenvalue weighted by Crippen LogP contribution is 2.24. The van der Waals surface area contributed by atoms with Gasteiger partial charge in [-0.1, -0.05) is 62.2 Å². The quantitative estimate of drug-likeness (QED) is 0.401. The van der Waals surface area contributed by atoms with Crippen molar-refractivity contribution in [2.75, 3.05) is 13.6 Å². The van der Waals surface area contributed by atoms with Crippen LogP contribution in [0.1, 0.15) is 64.1 Å². The second kappa shape index (κ2) is 13.5. The molecule has 0 spiro atoms. The van der Waals surface area contributed by atoms with Gasteiger partial charge in [0.15, 0.2) is 0 Å². The van der Waals surface area contributed by atoms with Crippen molar-refractivity contribution < 1.29 is 24.2 Å². The topological polar surface area (TPSA) is 108 Å². The van der Waals surface area contributed by atoms with Crippen molar-refractivity contribution in [1.29, 1.82) is 0 Å². The number of hydrogen-bond donors (Lipinski definition) is 3. The fraction of sp³-hybridized carbons (Fsp3) is 0.464. The molecule has 2 rings (SSSR count). The van der Waals surface area contributed by atoms with E-state index in [-0.39, 0.29) is 18.1 Å². The highest BCUT2D eigenvalue weighted by molar-refractivity contribution is 5.92. The van der Waals surface area contributed by atoms with Gasteiger partial charge in [-0.15, -0.1) is 0 Å². The lowest BCUT2D eigenvalue weighted by molar-refractivity contribution is -0.140. The van der Waals surface area contributed by atoms with Crippen LogP contribution in [0.4, 0.5) is 4.79 Å². The molecule has 0 radical (unpaired) electrons. The average molecular weight is 498 g/mol. The molecule has 2 aromatic rings. The molecule has 0 saturated carbocycles. The molecule has 8 heteroatoms. The number of benzene rings is 2. The minimum absolute atomic E-state index is 0.0587. The summed E-state index contributed by atoms with van der Waals surface area (Å²) in [4.78, 5) is 40.9. The lowest BCUT2D eigenvalue weighted by Gasteiger charge is -2.31. The minimum Gasteiger partial charge on any atom is -0.508 e. The first-order chi connectivity index (χ1) is 17.0. The molecule has 0 heterocycles. The molecule has 0 saturated heterocycles. The number of unbranched alkanes of at least 4 members (excludes halogenated alkanes) is 2. The molecular weight excluding hydrogens is 458 g/mol. The summed E-state index contributed by atoms with van der Waals surface area (Å²) in [7, 11) is 1.54. The van der Waals surface area contributed by atoms with Gasteiger partial charge < -0.3 is 25.4 Å².